The van der Waals surface area contributed by atoms with E-state index < -0.39 is 10.0 Å². The van der Waals surface area contributed by atoms with E-state index in [1.165, 1.54) is 48.8 Å². The summed E-state index contributed by atoms with van der Waals surface area (Å²) >= 11 is 0. The number of likely N-dealkylation sites (N-methyl/N-ethyl adjacent to an activating group) is 1. The summed E-state index contributed by atoms with van der Waals surface area (Å²) in [5.74, 6) is 1.61. The second-order valence-electron chi connectivity index (χ2n) is 12.1. The van der Waals surface area contributed by atoms with Crippen molar-refractivity contribution < 1.29 is 13.2 Å². The molecule has 4 aromatic rings. The molecule has 6 rings (SSSR count). The molecule has 3 heterocycles. The van der Waals surface area contributed by atoms with Gasteiger partial charge in [-0.2, -0.15) is 0 Å². The number of H-pyrrole nitrogens is 2. The highest BCUT2D eigenvalue weighted by Gasteiger charge is 2.24. The molecule has 2 aromatic heterocycles. The summed E-state index contributed by atoms with van der Waals surface area (Å²) in [6.45, 7) is 3.25. The molecule has 0 amide bonds. The molecule has 1 fully saturated rings. The number of aromatic amines is 2. The fraction of sp³-hybridized carbons (Fsp3) is 0.412. The quantitative estimate of drug-likeness (QED) is 0.170. The molecule has 1 saturated carbocycles. The summed E-state index contributed by atoms with van der Waals surface area (Å²) in [6, 6.07) is 15.2. The average molecular weight is 632 g/mol. The second-order valence-corrected chi connectivity index (χ2v) is 13.8. The van der Waals surface area contributed by atoms with Gasteiger partial charge in [0.1, 0.15) is 17.5 Å². The minimum absolute atomic E-state index is 0.0984. The van der Waals surface area contributed by atoms with Crippen molar-refractivity contribution in [2.45, 2.75) is 75.7 Å². The Morgan fingerprint density at radius 3 is 2.60 bits per heavy atom. The number of imidazole rings is 1. The maximum absolute atomic E-state index is 13.2. The van der Waals surface area contributed by atoms with Crippen LogP contribution in [0.4, 0.5) is 11.4 Å². The zero-order chi connectivity index (χ0) is 31.4. The molecular weight excluding hydrogens is 590 g/mol. The molecule has 2 aromatic carbocycles. The highest BCUT2D eigenvalue weighted by Crippen LogP contribution is 2.32. The third-order valence-electron chi connectivity index (χ3n) is 9.02. The van der Waals surface area contributed by atoms with Crippen LogP contribution in [0.15, 0.2) is 81.5 Å². The molecule has 11 heteroatoms. The Bertz CT molecular complexity index is 1840. The lowest BCUT2D eigenvalue weighted by Crippen LogP contribution is -2.39. The number of benzene rings is 2. The Morgan fingerprint density at radius 2 is 1.87 bits per heavy atom. The molecule has 45 heavy (non-hydrogen) atoms. The lowest BCUT2D eigenvalue weighted by atomic mass is 9.82. The Labute approximate surface area is 263 Å². The van der Waals surface area contributed by atoms with Crippen LogP contribution in [0.25, 0.3) is 5.69 Å². The first-order valence-electron chi connectivity index (χ1n) is 15.9. The number of pyridine rings is 1. The van der Waals surface area contributed by atoms with Crippen LogP contribution < -0.4 is 25.6 Å². The first-order chi connectivity index (χ1) is 21.8. The van der Waals surface area contributed by atoms with Crippen LogP contribution in [0.2, 0.25) is 0 Å². The van der Waals surface area contributed by atoms with E-state index in [0.29, 0.717) is 35.9 Å². The molecule has 1 unspecified atom stereocenters. The second kappa shape index (κ2) is 13.4. The van der Waals surface area contributed by atoms with Gasteiger partial charge in [-0.1, -0.05) is 32.1 Å². The summed E-state index contributed by atoms with van der Waals surface area (Å²) in [5.41, 5.74) is 3.13. The smallest absolute Gasteiger partial charge is 0.330 e. The Morgan fingerprint density at radius 1 is 1.04 bits per heavy atom. The number of unbranched alkanes of at least 4 members (excludes halogenated alkanes) is 1. The van der Waals surface area contributed by atoms with Gasteiger partial charge >= 0.3 is 5.69 Å². The van der Waals surface area contributed by atoms with Gasteiger partial charge in [0.2, 0.25) is 0 Å². The number of rotatable bonds is 13. The number of nitrogens with one attached hydrogen (secondary N) is 3. The number of ether oxygens (including phenoxy) is 1. The fourth-order valence-corrected chi connectivity index (χ4v) is 7.28. The van der Waals surface area contributed by atoms with E-state index in [1.807, 2.05) is 30.2 Å². The number of aromatic nitrogens is 3. The zero-order valence-electron chi connectivity index (χ0n) is 25.6. The van der Waals surface area contributed by atoms with Crippen molar-refractivity contribution >= 4 is 21.4 Å². The third-order valence-corrected chi connectivity index (χ3v) is 10.4. The van der Waals surface area contributed by atoms with Gasteiger partial charge in [0, 0.05) is 30.3 Å². The van der Waals surface area contributed by atoms with Crippen molar-refractivity contribution in [2.24, 2.45) is 5.92 Å². The number of sulfonamides is 1. The number of fused-ring (bicyclic) bond motifs is 1. The minimum atomic E-state index is -3.85. The van der Waals surface area contributed by atoms with Crippen molar-refractivity contribution in [3.8, 4) is 11.4 Å². The Kier molecular flexibility index (Phi) is 9.16. The number of aryl methyl sites for hydroxylation is 2. The van der Waals surface area contributed by atoms with Gasteiger partial charge in [0.25, 0.3) is 15.6 Å². The van der Waals surface area contributed by atoms with E-state index >= 15 is 0 Å². The Balaban J connectivity index is 1.06. The van der Waals surface area contributed by atoms with Crippen molar-refractivity contribution in [1.82, 2.24) is 14.5 Å². The van der Waals surface area contributed by atoms with Gasteiger partial charge in [-0.15, -0.1) is 0 Å². The first-order valence-corrected chi connectivity index (χ1v) is 17.4. The van der Waals surface area contributed by atoms with E-state index in [1.54, 1.807) is 36.5 Å². The van der Waals surface area contributed by atoms with Crippen LogP contribution in [-0.2, 0) is 22.9 Å². The van der Waals surface area contributed by atoms with Crippen LogP contribution in [0.5, 0.6) is 5.75 Å². The van der Waals surface area contributed by atoms with Crippen molar-refractivity contribution in [3.63, 3.8) is 0 Å². The molecule has 1 aliphatic carbocycles. The average Bonchev–Trinajstić information content (AvgIpc) is 3.39. The maximum atomic E-state index is 13.2. The molecule has 0 spiro atoms. The predicted molar refractivity (Wildman–Crippen MR) is 176 cm³/mol. The van der Waals surface area contributed by atoms with Crippen LogP contribution in [-0.4, -0.2) is 42.1 Å². The first kappa shape index (κ1) is 30.8. The van der Waals surface area contributed by atoms with E-state index in [2.05, 4.69) is 14.7 Å². The van der Waals surface area contributed by atoms with Crippen LogP contribution in [0, 0.1) is 5.92 Å². The Hall–Kier alpha value is -4.25. The molecule has 0 bridgehead atoms. The summed E-state index contributed by atoms with van der Waals surface area (Å²) in [6.07, 6.45) is 13.2. The molecule has 0 saturated heterocycles. The van der Waals surface area contributed by atoms with E-state index in [9.17, 15) is 18.0 Å². The maximum Gasteiger partial charge on any atom is 0.330 e. The molecule has 1 aliphatic heterocycles. The van der Waals surface area contributed by atoms with Gasteiger partial charge in [-0.05, 0) is 98.7 Å². The van der Waals surface area contributed by atoms with Crippen LogP contribution >= 0.6 is 0 Å². The van der Waals surface area contributed by atoms with Gasteiger partial charge in [-0.3, -0.25) is 14.1 Å². The number of hydrogen-bond acceptors (Lipinski definition) is 6. The number of nitrogens with zero attached hydrogens (tertiary/aromatic N) is 2. The monoisotopic (exact) mass is 631 g/mol. The predicted octanol–water partition coefficient (Wildman–Crippen LogP) is 5.39. The molecule has 1 atom stereocenters. The molecule has 10 nitrogen and oxygen atoms in total. The van der Waals surface area contributed by atoms with Crippen LogP contribution in [0.1, 0.15) is 63.1 Å². The standard InChI is InChI=1S/C34H41N5O5S/c1-2-38(31-11-6-20-35-33(31)40)23-29-16-12-25-21-26(13-19-32(25)44-29)37-45(42,43)30-17-14-28(15-18-30)39-22-27(36-34(39)41)10-4-3-7-24-8-5-9-24/h6,11,13-15,17-22,24,29,37H,2-5,7-10,12,16,23H2,1H3,(H,35,40)(H,36,41). The summed E-state index contributed by atoms with van der Waals surface area (Å²) in [4.78, 5) is 32.6. The van der Waals surface area contributed by atoms with Crippen molar-refractivity contribution in [1.29, 1.82) is 0 Å². The SMILES string of the molecule is CCN(CC1CCc2cc(NS(=O)(=O)c3ccc(-n4cc(CCCCC5CCC5)[nH]c4=O)cc3)ccc2O1)c1ccc[nH]c1=O. The summed E-state index contributed by atoms with van der Waals surface area (Å²) in [7, 11) is -3.85. The highest BCUT2D eigenvalue weighted by molar-refractivity contribution is 7.92. The summed E-state index contributed by atoms with van der Waals surface area (Å²) in [5, 5.41) is 0. The van der Waals surface area contributed by atoms with E-state index in [-0.39, 0.29) is 22.2 Å². The molecule has 2 aliphatic rings. The minimum Gasteiger partial charge on any atom is -0.488 e. The van der Waals surface area contributed by atoms with Gasteiger partial charge in [0.05, 0.1) is 17.1 Å². The lowest BCUT2D eigenvalue weighted by Gasteiger charge is -2.31. The van der Waals surface area contributed by atoms with Gasteiger partial charge in [-0.25, -0.2) is 13.2 Å². The van der Waals surface area contributed by atoms with Gasteiger partial charge < -0.3 is 19.6 Å². The van der Waals surface area contributed by atoms with Crippen molar-refractivity contribution in [2.75, 3.05) is 22.7 Å². The summed E-state index contributed by atoms with van der Waals surface area (Å²) < 4.78 is 36.9. The van der Waals surface area contributed by atoms with E-state index in [0.717, 1.165) is 42.9 Å². The third kappa shape index (κ3) is 7.19. The molecule has 238 valence electrons. The number of anilines is 2. The highest BCUT2D eigenvalue weighted by atomic mass is 32.2. The van der Waals surface area contributed by atoms with E-state index in [4.69, 9.17) is 4.74 Å². The number of hydrogen-bond donors (Lipinski definition) is 3. The topological polar surface area (TPSA) is 129 Å². The normalized spacial score (nSPS) is 16.4. The largest absolute Gasteiger partial charge is 0.488 e. The zero-order valence-corrected chi connectivity index (χ0v) is 26.4. The van der Waals surface area contributed by atoms with Crippen molar-refractivity contribution in [3.05, 3.63) is 99.1 Å². The molecule has 0 radical (unpaired) electrons. The van der Waals surface area contributed by atoms with Gasteiger partial charge in [0.15, 0.2) is 0 Å². The molecular formula is C34H41N5O5S. The molecule has 3 N–H and O–H groups in total. The fourth-order valence-electron chi connectivity index (χ4n) is 6.24. The van der Waals surface area contributed by atoms with Crippen LogP contribution in [0.3, 0.4) is 0 Å². The lowest BCUT2D eigenvalue weighted by molar-refractivity contribution is 0.178.